The summed E-state index contributed by atoms with van der Waals surface area (Å²) in [5.74, 6) is -0.0589. The Labute approximate surface area is 110 Å². The van der Waals surface area contributed by atoms with Gasteiger partial charge in [0.15, 0.2) is 0 Å². The molecule has 0 saturated carbocycles. The van der Waals surface area contributed by atoms with Gasteiger partial charge in [0, 0.05) is 26.1 Å². The fraction of sp³-hybridized carbons (Fsp3) is 0.923. The fourth-order valence-electron chi connectivity index (χ4n) is 1.82. The minimum Gasteiger partial charge on any atom is -0.391 e. The van der Waals surface area contributed by atoms with E-state index in [9.17, 15) is 9.90 Å². The molecule has 2 unspecified atom stereocenters. The number of hydrogen-bond donors (Lipinski definition) is 3. The zero-order valence-electron chi connectivity index (χ0n) is 12.0. The quantitative estimate of drug-likeness (QED) is 0.598. The van der Waals surface area contributed by atoms with E-state index in [0.717, 1.165) is 6.42 Å². The number of rotatable bonds is 8. The SMILES string of the molecule is COCC(O)CCNC(=O)CC(N)CC(C)(C)C. The van der Waals surface area contributed by atoms with E-state index in [0.29, 0.717) is 26.0 Å². The van der Waals surface area contributed by atoms with Crippen LogP contribution in [0, 0.1) is 5.41 Å². The van der Waals surface area contributed by atoms with Crippen LogP contribution in [-0.4, -0.2) is 43.4 Å². The second-order valence-electron chi connectivity index (χ2n) is 5.98. The topological polar surface area (TPSA) is 84.6 Å². The largest absolute Gasteiger partial charge is 0.391 e. The van der Waals surface area contributed by atoms with Crippen LogP contribution in [0.3, 0.4) is 0 Å². The molecule has 18 heavy (non-hydrogen) atoms. The number of nitrogens with one attached hydrogen (secondary N) is 1. The third-order valence-corrected chi connectivity index (χ3v) is 2.48. The van der Waals surface area contributed by atoms with Crippen LogP contribution in [0.5, 0.6) is 0 Å². The molecule has 0 bridgehead atoms. The van der Waals surface area contributed by atoms with Crippen LogP contribution in [0.4, 0.5) is 0 Å². The molecule has 5 nitrogen and oxygen atoms in total. The van der Waals surface area contributed by atoms with Crippen molar-refractivity contribution < 1.29 is 14.6 Å². The molecule has 0 spiro atoms. The smallest absolute Gasteiger partial charge is 0.221 e. The lowest BCUT2D eigenvalue weighted by Crippen LogP contribution is -2.35. The van der Waals surface area contributed by atoms with Gasteiger partial charge in [-0.05, 0) is 18.3 Å². The molecule has 0 aliphatic carbocycles. The van der Waals surface area contributed by atoms with Crippen molar-refractivity contribution in [2.45, 2.75) is 52.2 Å². The number of amides is 1. The molecule has 0 heterocycles. The highest BCUT2D eigenvalue weighted by atomic mass is 16.5. The minimum absolute atomic E-state index is 0.0589. The van der Waals surface area contributed by atoms with Crippen LogP contribution in [-0.2, 0) is 9.53 Å². The fourth-order valence-corrected chi connectivity index (χ4v) is 1.82. The molecule has 0 radical (unpaired) electrons. The summed E-state index contributed by atoms with van der Waals surface area (Å²) in [6.07, 6.45) is 1.11. The summed E-state index contributed by atoms with van der Waals surface area (Å²) in [6.45, 7) is 7.05. The van der Waals surface area contributed by atoms with E-state index in [-0.39, 0.29) is 17.4 Å². The second kappa shape index (κ2) is 8.45. The molecular formula is C13H28N2O3. The van der Waals surface area contributed by atoms with E-state index >= 15 is 0 Å². The van der Waals surface area contributed by atoms with E-state index in [2.05, 4.69) is 26.1 Å². The van der Waals surface area contributed by atoms with E-state index < -0.39 is 6.10 Å². The summed E-state index contributed by atoms with van der Waals surface area (Å²) in [7, 11) is 1.54. The van der Waals surface area contributed by atoms with Crippen molar-refractivity contribution in [3.05, 3.63) is 0 Å². The molecule has 0 aromatic rings. The summed E-state index contributed by atoms with van der Waals surface area (Å²) in [5, 5.41) is 12.1. The van der Waals surface area contributed by atoms with Crippen molar-refractivity contribution in [1.82, 2.24) is 5.32 Å². The van der Waals surface area contributed by atoms with Gasteiger partial charge in [0.05, 0.1) is 12.7 Å². The Kier molecular flexibility index (Phi) is 8.15. The van der Waals surface area contributed by atoms with E-state index in [1.54, 1.807) is 0 Å². The van der Waals surface area contributed by atoms with Crippen molar-refractivity contribution in [2.24, 2.45) is 11.1 Å². The lowest BCUT2D eigenvalue weighted by atomic mass is 9.87. The molecule has 0 saturated heterocycles. The maximum Gasteiger partial charge on any atom is 0.221 e. The Morgan fingerprint density at radius 3 is 2.56 bits per heavy atom. The third-order valence-electron chi connectivity index (χ3n) is 2.48. The zero-order valence-corrected chi connectivity index (χ0v) is 12.0. The Morgan fingerprint density at radius 2 is 2.06 bits per heavy atom. The second-order valence-corrected chi connectivity index (χ2v) is 5.98. The molecular weight excluding hydrogens is 232 g/mol. The summed E-state index contributed by atoms with van der Waals surface area (Å²) in [6, 6.07) is -0.117. The number of ether oxygens (including phenoxy) is 1. The Morgan fingerprint density at radius 1 is 1.44 bits per heavy atom. The number of methoxy groups -OCH3 is 1. The number of carbonyl (C=O) groups is 1. The van der Waals surface area contributed by atoms with Gasteiger partial charge in [-0.2, -0.15) is 0 Å². The number of hydrogen-bond acceptors (Lipinski definition) is 4. The van der Waals surface area contributed by atoms with Gasteiger partial charge in [-0.3, -0.25) is 4.79 Å². The average Bonchev–Trinajstić information content (AvgIpc) is 2.14. The van der Waals surface area contributed by atoms with E-state index in [1.807, 2.05) is 0 Å². The summed E-state index contributed by atoms with van der Waals surface area (Å²) in [5.41, 5.74) is 6.04. The number of aliphatic hydroxyl groups is 1. The summed E-state index contributed by atoms with van der Waals surface area (Å²) < 4.78 is 4.80. The van der Waals surface area contributed by atoms with Gasteiger partial charge >= 0.3 is 0 Å². The molecule has 0 rings (SSSR count). The molecule has 2 atom stereocenters. The van der Waals surface area contributed by atoms with Gasteiger partial charge in [0.25, 0.3) is 0 Å². The van der Waals surface area contributed by atoms with E-state index in [4.69, 9.17) is 10.5 Å². The predicted molar refractivity (Wildman–Crippen MR) is 72.2 cm³/mol. The maximum absolute atomic E-state index is 11.6. The van der Waals surface area contributed by atoms with Crippen LogP contribution in [0.15, 0.2) is 0 Å². The molecule has 0 fully saturated rings. The van der Waals surface area contributed by atoms with Crippen molar-refractivity contribution in [3.8, 4) is 0 Å². The van der Waals surface area contributed by atoms with Gasteiger partial charge < -0.3 is 20.9 Å². The molecule has 1 amide bonds. The first kappa shape index (κ1) is 17.4. The molecule has 0 aromatic carbocycles. The molecule has 5 heteroatoms. The van der Waals surface area contributed by atoms with Crippen molar-refractivity contribution in [2.75, 3.05) is 20.3 Å². The Balaban J connectivity index is 3.71. The van der Waals surface area contributed by atoms with Gasteiger partial charge in [-0.1, -0.05) is 20.8 Å². The lowest BCUT2D eigenvalue weighted by Gasteiger charge is -2.22. The van der Waals surface area contributed by atoms with E-state index in [1.165, 1.54) is 7.11 Å². The predicted octanol–water partition coefficient (Wildman–Crippen LogP) is 0.654. The van der Waals surface area contributed by atoms with Crippen LogP contribution >= 0.6 is 0 Å². The minimum atomic E-state index is -0.529. The van der Waals surface area contributed by atoms with Gasteiger partial charge in [-0.15, -0.1) is 0 Å². The first-order chi connectivity index (χ1) is 8.24. The third kappa shape index (κ3) is 10.5. The molecule has 0 aromatic heterocycles. The van der Waals surface area contributed by atoms with Gasteiger partial charge in [0.1, 0.15) is 0 Å². The Bertz CT molecular complexity index is 239. The van der Waals surface area contributed by atoms with Gasteiger partial charge in [-0.25, -0.2) is 0 Å². The molecule has 108 valence electrons. The first-order valence-electron chi connectivity index (χ1n) is 6.44. The molecule has 4 N–H and O–H groups in total. The molecule has 0 aliphatic heterocycles. The van der Waals surface area contributed by atoms with Gasteiger partial charge in [0.2, 0.25) is 5.91 Å². The highest BCUT2D eigenvalue weighted by Crippen LogP contribution is 2.20. The van der Waals surface area contributed by atoms with Crippen LogP contribution < -0.4 is 11.1 Å². The van der Waals surface area contributed by atoms with Crippen molar-refractivity contribution in [1.29, 1.82) is 0 Å². The number of nitrogens with two attached hydrogens (primary N) is 1. The normalized spacial score (nSPS) is 15.2. The zero-order chi connectivity index (χ0) is 14.2. The van der Waals surface area contributed by atoms with Crippen LogP contribution in [0.2, 0.25) is 0 Å². The summed E-state index contributed by atoms with van der Waals surface area (Å²) in [4.78, 5) is 11.6. The average molecular weight is 260 g/mol. The van der Waals surface area contributed by atoms with Crippen LogP contribution in [0.25, 0.3) is 0 Å². The van der Waals surface area contributed by atoms with Crippen LogP contribution in [0.1, 0.15) is 40.0 Å². The highest BCUT2D eigenvalue weighted by molar-refractivity contribution is 5.76. The highest BCUT2D eigenvalue weighted by Gasteiger charge is 2.18. The number of aliphatic hydroxyl groups excluding tert-OH is 1. The van der Waals surface area contributed by atoms with Crippen molar-refractivity contribution in [3.63, 3.8) is 0 Å². The molecule has 0 aliphatic rings. The summed E-state index contributed by atoms with van der Waals surface area (Å²) >= 11 is 0. The standard InChI is InChI=1S/C13H28N2O3/c1-13(2,3)8-10(14)7-12(17)15-6-5-11(16)9-18-4/h10-11,16H,5-9,14H2,1-4H3,(H,15,17). The lowest BCUT2D eigenvalue weighted by molar-refractivity contribution is -0.121. The van der Waals surface area contributed by atoms with Crippen molar-refractivity contribution >= 4 is 5.91 Å². The maximum atomic E-state index is 11.6. The number of carbonyl (C=O) groups excluding carboxylic acids is 1. The Hall–Kier alpha value is -0.650. The monoisotopic (exact) mass is 260 g/mol. The first-order valence-corrected chi connectivity index (χ1v) is 6.44.